The first-order chi connectivity index (χ1) is 6.72. The van der Waals surface area contributed by atoms with Gasteiger partial charge in [0.2, 0.25) is 11.8 Å². The molecule has 5 nitrogen and oxygen atoms in total. The average Bonchev–Trinajstić information content (AvgIpc) is 2.52. The van der Waals surface area contributed by atoms with Gasteiger partial charge in [0.05, 0.1) is 0 Å². The minimum atomic E-state index is 0.0297. The molecule has 0 aliphatic heterocycles. The van der Waals surface area contributed by atoms with E-state index in [1.807, 2.05) is 0 Å². The number of halogens is 1. The number of amides is 1. The van der Waals surface area contributed by atoms with Crippen molar-refractivity contribution in [2.24, 2.45) is 0 Å². The molecule has 0 atom stereocenters. The van der Waals surface area contributed by atoms with Crippen molar-refractivity contribution < 1.29 is 9.32 Å². The minimum Gasteiger partial charge on any atom is -0.356 e. The Kier molecular flexibility index (Phi) is 4.58. The fourth-order valence-corrected chi connectivity index (χ4v) is 1.29. The van der Waals surface area contributed by atoms with Crippen LogP contribution in [0.15, 0.2) is 4.52 Å². The van der Waals surface area contributed by atoms with Gasteiger partial charge in [-0.25, -0.2) is 0 Å². The first kappa shape index (κ1) is 11.2. The molecule has 78 valence electrons. The van der Waals surface area contributed by atoms with Crippen molar-refractivity contribution in [3.05, 3.63) is 11.7 Å². The van der Waals surface area contributed by atoms with Gasteiger partial charge in [0, 0.05) is 31.6 Å². The van der Waals surface area contributed by atoms with Gasteiger partial charge in [-0.2, -0.15) is 4.98 Å². The van der Waals surface area contributed by atoms with Crippen molar-refractivity contribution in [1.82, 2.24) is 15.5 Å². The molecule has 1 heterocycles. The second-order valence-electron chi connectivity index (χ2n) is 2.77. The van der Waals surface area contributed by atoms with Crippen LogP contribution < -0.4 is 5.32 Å². The monoisotopic (exact) mass is 261 g/mol. The van der Waals surface area contributed by atoms with Crippen molar-refractivity contribution in [3.8, 4) is 0 Å². The van der Waals surface area contributed by atoms with Crippen LogP contribution in [-0.4, -0.2) is 27.9 Å². The van der Waals surface area contributed by atoms with Gasteiger partial charge in [-0.05, 0) is 0 Å². The normalized spacial score (nSPS) is 10.1. The zero-order valence-electron chi connectivity index (χ0n) is 7.92. The highest BCUT2D eigenvalue weighted by atomic mass is 79.9. The highest BCUT2D eigenvalue weighted by molar-refractivity contribution is 9.09. The van der Waals surface area contributed by atoms with Gasteiger partial charge >= 0.3 is 0 Å². The molecule has 14 heavy (non-hydrogen) atoms. The van der Waals surface area contributed by atoms with Crippen LogP contribution in [0.5, 0.6) is 0 Å². The number of nitrogens with one attached hydrogen (secondary N) is 1. The highest BCUT2D eigenvalue weighted by Gasteiger charge is 2.03. The largest absolute Gasteiger partial charge is 0.356 e. The van der Waals surface area contributed by atoms with Crippen molar-refractivity contribution in [1.29, 1.82) is 0 Å². The molecule has 0 saturated carbocycles. The zero-order chi connectivity index (χ0) is 10.4. The van der Waals surface area contributed by atoms with Crippen molar-refractivity contribution >= 4 is 21.8 Å². The van der Waals surface area contributed by atoms with Crippen LogP contribution in [0.2, 0.25) is 0 Å². The molecule has 0 bridgehead atoms. The topological polar surface area (TPSA) is 68.0 Å². The molecule has 0 aliphatic rings. The average molecular weight is 262 g/mol. The Labute approximate surface area is 90.4 Å². The third-order valence-corrected chi connectivity index (χ3v) is 1.96. The van der Waals surface area contributed by atoms with E-state index < -0.39 is 0 Å². The maximum atomic E-state index is 11.0. The van der Waals surface area contributed by atoms with Crippen molar-refractivity contribution in [2.75, 3.05) is 11.9 Å². The first-order valence-electron chi connectivity index (χ1n) is 4.34. The van der Waals surface area contributed by atoms with E-state index in [2.05, 4.69) is 31.4 Å². The summed E-state index contributed by atoms with van der Waals surface area (Å²) >= 11 is 3.19. The Balaban J connectivity index is 2.18. The van der Waals surface area contributed by atoms with Crippen molar-refractivity contribution in [3.63, 3.8) is 0 Å². The van der Waals surface area contributed by atoms with Crippen LogP contribution >= 0.6 is 15.9 Å². The number of carbonyl (C=O) groups is 1. The molecule has 1 N–H and O–H groups in total. The van der Waals surface area contributed by atoms with E-state index in [0.717, 1.165) is 0 Å². The summed E-state index contributed by atoms with van der Waals surface area (Å²) in [5.41, 5.74) is 0. The summed E-state index contributed by atoms with van der Waals surface area (Å²) in [6, 6.07) is 0. The summed E-state index contributed by atoms with van der Waals surface area (Å²) in [4.78, 5) is 15.0. The Morgan fingerprint density at radius 3 is 3.00 bits per heavy atom. The summed E-state index contributed by atoms with van der Waals surface area (Å²) in [6.07, 6.45) is 1.09. The standard InChI is InChI=1S/C8H12BrN3O2/c1-6-11-7(12-14-6)3-5-10-8(13)2-4-9/h2-5H2,1H3,(H,10,13). The number of hydrogen-bond acceptors (Lipinski definition) is 4. The lowest BCUT2D eigenvalue weighted by Gasteiger charge is -2.00. The summed E-state index contributed by atoms with van der Waals surface area (Å²) in [7, 11) is 0. The maximum Gasteiger partial charge on any atom is 0.223 e. The van der Waals surface area contributed by atoms with Crippen LogP contribution in [0.25, 0.3) is 0 Å². The lowest BCUT2D eigenvalue weighted by atomic mass is 10.4. The van der Waals surface area contributed by atoms with Crippen molar-refractivity contribution in [2.45, 2.75) is 19.8 Å². The van der Waals surface area contributed by atoms with E-state index in [1.165, 1.54) is 0 Å². The van der Waals surface area contributed by atoms with Crippen LogP contribution in [-0.2, 0) is 11.2 Å². The Morgan fingerprint density at radius 1 is 1.64 bits per heavy atom. The third-order valence-electron chi connectivity index (χ3n) is 1.56. The predicted octanol–water partition coefficient (Wildman–Crippen LogP) is 0.822. The van der Waals surface area contributed by atoms with E-state index in [0.29, 0.717) is 36.4 Å². The molecule has 0 aliphatic carbocycles. The Bertz CT molecular complexity index is 301. The van der Waals surface area contributed by atoms with E-state index in [1.54, 1.807) is 6.92 Å². The molecule has 1 aromatic rings. The smallest absolute Gasteiger partial charge is 0.223 e. The van der Waals surface area contributed by atoms with Crippen LogP contribution in [0.4, 0.5) is 0 Å². The summed E-state index contributed by atoms with van der Waals surface area (Å²) in [5, 5.41) is 7.14. The Morgan fingerprint density at radius 2 is 2.43 bits per heavy atom. The molecule has 6 heteroatoms. The molecule has 0 saturated heterocycles. The highest BCUT2D eigenvalue weighted by Crippen LogP contribution is 1.95. The lowest BCUT2D eigenvalue weighted by molar-refractivity contribution is -0.120. The molecular weight excluding hydrogens is 250 g/mol. The molecule has 1 amide bonds. The van der Waals surface area contributed by atoms with Gasteiger partial charge in [0.15, 0.2) is 5.82 Å². The van der Waals surface area contributed by atoms with E-state index in [9.17, 15) is 4.79 Å². The SMILES string of the molecule is Cc1nc(CCNC(=O)CCBr)no1. The van der Waals surface area contributed by atoms with Gasteiger partial charge in [0.25, 0.3) is 0 Å². The number of aryl methyl sites for hydroxylation is 1. The summed E-state index contributed by atoms with van der Waals surface area (Å²) < 4.78 is 4.79. The predicted molar refractivity (Wildman–Crippen MR) is 54.2 cm³/mol. The molecule has 0 unspecified atom stereocenters. The maximum absolute atomic E-state index is 11.0. The van der Waals surface area contributed by atoms with Gasteiger partial charge in [-0.3, -0.25) is 4.79 Å². The fourth-order valence-electron chi connectivity index (χ4n) is 0.931. The van der Waals surface area contributed by atoms with Crippen LogP contribution in [0.3, 0.4) is 0 Å². The van der Waals surface area contributed by atoms with Gasteiger partial charge in [-0.1, -0.05) is 21.1 Å². The fraction of sp³-hybridized carbons (Fsp3) is 0.625. The molecular formula is C8H12BrN3O2. The minimum absolute atomic E-state index is 0.0297. The molecule has 0 fully saturated rings. The van der Waals surface area contributed by atoms with Crippen LogP contribution in [0, 0.1) is 6.92 Å². The molecule has 1 aromatic heterocycles. The summed E-state index contributed by atoms with van der Waals surface area (Å²) in [5.74, 6) is 1.20. The second kappa shape index (κ2) is 5.74. The zero-order valence-corrected chi connectivity index (χ0v) is 9.50. The van der Waals surface area contributed by atoms with E-state index in [4.69, 9.17) is 4.52 Å². The van der Waals surface area contributed by atoms with Crippen LogP contribution in [0.1, 0.15) is 18.1 Å². The number of rotatable bonds is 5. The number of nitrogens with zero attached hydrogens (tertiary/aromatic N) is 2. The third kappa shape index (κ3) is 3.87. The molecule has 1 rings (SSSR count). The lowest BCUT2D eigenvalue weighted by Crippen LogP contribution is -2.25. The van der Waals surface area contributed by atoms with E-state index >= 15 is 0 Å². The summed E-state index contributed by atoms with van der Waals surface area (Å²) in [6.45, 7) is 2.28. The van der Waals surface area contributed by atoms with Gasteiger partial charge < -0.3 is 9.84 Å². The molecule has 0 spiro atoms. The Hall–Kier alpha value is -0.910. The first-order valence-corrected chi connectivity index (χ1v) is 5.46. The number of aromatic nitrogens is 2. The quantitative estimate of drug-likeness (QED) is 0.798. The van der Waals surface area contributed by atoms with Gasteiger partial charge in [-0.15, -0.1) is 0 Å². The van der Waals surface area contributed by atoms with Gasteiger partial charge in [0.1, 0.15) is 0 Å². The number of alkyl halides is 1. The van der Waals surface area contributed by atoms with E-state index in [-0.39, 0.29) is 5.91 Å². The number of hydrogen-bond donors (Lipinski definition) is 1. The molecule has 0 aromatic carbocycles. The molecule has 0 radical (unpaired) electrons. The second-order valence-corrected chi connectivity index (χ2v) is 3.56. The number of carbonyl (C=O) groups excluding carboxylic acids is 1.